The molecular formula is C22H30ClN3O3S. The zero-order valence-corrected chi connectivity index (χ0v) is 18.8. The van der Waals surface area contributed by atoms with Crippen molar-refractivity contribution in [2.75, 3.05) is 32.0 Å². The molecule has 8 heteroatoms. The maximum atomic E-state index is 12.9. The summed E-state index contributed by atoms with van der Waals surface area (Å²) in [5, 5.41) is 3.86. The van der Waals surface area contributed by atoms with E-state index in [1.54, 1.807) is 24.3 Å². The fourth-order valence-corrected chi connectivity index (χ4v) is 6.30. The average Bonchev–Trinajstić information content (AvgIpc) is 3.17. The fourth-order valence-electron chi connectivity index (χ4n) is 4.70. The maximum Gasteiger partial charge on any atom is 0.317 e. The molecule has 1 N–H and O–H groups in total. The predicted octanol–water partition coefficient (Wildman–Crippen LogP) is 4.13. The minimum absolute atomic E-state index is 0.00931. The van der Waals surface area contributed by atoms with Crippen molar-refractivity contribution in [2.45, 2.75) is 55.9 Å². The number of carbonyl (C=O) groups excluding carboxylic acids is 2. The number of benzene rings is 1. The minimum atomic E-state index is -0.206. The lowest BCUT2D eigenvalue weighted by molar-refractivity contribution is -0.136. The molecule has 30 heavy (non-hydrogen) atoms. The first-order chi connectivity index (χ1) is 14.6. The number of nitrogens with one attached hydrogen (secondary N) is 1. The van der Waals surface area contributed by atoms with E-state index in [2.05, 4.69) is 5.32 Å². The van der Waals surface area contributed by atoms with Crippen molar-refractivity contribution < 1.29 is 14.3 Å². The molecule has 164 valence electrons. The molecule has 1 aromatic rings. The van der Waals surface area contributed by atoms with Crippen LogP contribution in [0.3, 0.4) is 0 Å². The first-order valence-corrected chi connectivity index (χ1v) is 12.3. The Balaban J connectivity index is 1.29. The first kappa shape index (κ1) is 21.6. The van der Waals surface area contributed by atoms with E-state index >= 15 is 0 Å². The molecule has 2 aliphatic heterocycles. The highest BCUT2D eigenvalue weighted by Crippen LogP contribution is 2.44. The predicted molar refractivity (Wildman–Crippen MR) is 120 cm³/mol. The second-order valence-electron chi connectivity index (χ2n) is 8.35. The number of thioether (sulfide) groups is 1. The summed E-state index contributed by atoms with van der Waals surface area (Å²) in [4.78, 5) is 29.3. The van der Waals surface area contributed by atoms with Crippen molar-refractivity contribution in [3.05, 3.63) is 29.3 Å². The van der Waals surface area contributed by atoms with E-state index in [1.807, 2.05) is 21.6 Å². The van der Waals surface area contributed by atoms with E-state index < -0.39 is 0 Å². The Hall–Kier alpha value is -1.60. The van der Waals surface area contributed by atoms with Gasteiger partial charge in [-0.25, -0.2) is 4.79 Å². The van der Waals surface area contributed by atoms with Crippen LogP contribution in [0.25, 0.3) is 0 Å². The summed E-state index contributed by atoms with van der Waals surface area (Å²) in [6, 6.07) is 7.43. The molecule has 0 radical (unpaired) electrons. The third-order valence-corrected chi connectivity index (χ3v) is 8.22. The van der Waals surface area contributed by atoms with Gasteiger partial charge in [0.2, 0.25) is 0 Å². The second kappa shape index (κ2) is 9.69. The van der Waals surface area contributed by atoms with Crippen LogP contribution in [0, 0.1) is 0 Å². The molecule has 6 nitrogen and oxygen atoms in total. The van der Waals surface area contributed by atoms with Crippen molar-refractivity contribution >= 4 is 35.3 Å². The van der Waals surface area contributed by atoms with Crippen molar-refractivity contribution in [1.29, 1.82) is 0 Å². The van der Waals surface area contributed by atoms with Crippen LogP contribution in [0.2, 0.25) is 5.02 Å². The lowest BCUT2D eigenvalue weighted by Crippen LogP contribution is -2.56. The van der Waals surface area contributed by atoms with Crippen molar-refractivity contribution in [2.24, 2.45) is 0 Å². The number of piperidine rings is 1. The average molecular weight is 452 g/mol. The zero-order chi connectivity index (χ0) is 21.0. The SMILES string of the molecule is O=C(NC1CCCCC1)N1CCC2(CC1)SCCN2C(=O)COc1ccc(Cl)cc1. The van der Waals surface area contributed by atoms with E-state index in [0.29, 0.717) is 29.9 Å². The first-order valence-electron chi connectivity index (χ1n) is 10.9. The highest BCUT2D eigenvalue weighted by molar-refractivity contribution is 8.00. The number of amides is 3. The number of urea groups is 1. The topological polar surface area (TPSA) is 61.9 Å². The molecular weight excluding hydrogens is 422 g/mol. The molecule has 0 unspecified atom stereocenters. The second-order valence-corrected chi connectivity index (χ2v) is 10.2. The molecule has 4 rings (SSSR count). The van der Waals surface area contributed by atoms with Gasteiger partial charge in [0.15, 0.2) is 6.61 Å². The third-order valence-electron chi connectivity index (χ3n) is 6.42. The largest absolute Gasteiger partial charge is 0.484 e. The summed E-state index contributed by atoms with van der Waals surface area (Å²) >= 11 is 7.75. The van der Waals surface area contributed by atoms with Crippen molar-refractivity contribution in [3.63, 3.8) is 0 Å². The van der Waals surface area contributed by atoms with E-state index in [0.717, 1.165) is 38.0 Å². The van der Waals surface area contributed by atoms with Gasteiger partial charge in [0.05, 0.1) is 4.87 Å². The molecule has 2 heterocycles. The zero-order valence-electron chi connectivity index (χ0n) is 17.3. The number of hydrogen-bond donors (Lipinski definition) is 1. The summed E-state index contributed by atoms with van der Waals surface area (Å²) in [7, 11) is 0. The molecule has 1 aliphatic carbocycles. The molecule has 1 spiro atoms. The molecule has 1 saturated carbocycles. The lowest BCUT2D eigenvalue weighted by atomic mass is 9.95. The van der Waals surface area contributed by atoms with E-state index in [-0.39, 0.29) is 23.4 Å². The van der Waals surface area contributed by atoms with Gasteiger partial charge < -0.3 is 19.9 Å². The number of hydrogen-bond acceptors (Lipinski definition) is 4. The summed E-state index contributed by atoms with van der Waals surface area (Å²) in [5.74, 6) is 1.58. The van der Waals surface area contributed by atoms with E-state index in [4.69, 9.17) is 16.3 Å². The molecule has 0 bridgehead atoms. The summed E-state index contributed by atoms with van der Waals surface area (Å²) in [6.45, 7) is 2.14. The van der Waals surface area contributed by atoms with Crippen LogP contribution in [0.4, 0.5) is 4.79 Å². The highest BCUT2D eigenvalue weighted by Gasteiger charge is 2.47. The Morgan fingerprint density at radius 2 is 1.80 bits per heavy atom. The van der Waals surface area contributed by atoms with Gasteiger partial charge in [0.1, 0.15) is 5.75 Å². The lowest BCUT2D eigenvalue weighted by Gasteiger charge is -2.44. The fraction of sp³-hybridized carbons (Fsp3) is 0.636. The Bertz CT molecular complexity index is 746. The van der Waals surface area contributed by atoms with Gasteiger partial charge in [0.25, 0.3) is 5.91 Å². The van der Waals surface area contributed by atoms with Gasteiger partial charge in [0, 0.05) is 36.5 Å². The number of rotatable bonds is 4. The number of ether oxygens (including phenoxy) is 1. The van der Waals surface area contributed by atoms with Gasteiger partial charge >= 0.3 is 6.03 Å². The monoisotopic (exact) mass is 451 g/mol. The molecule has 3 amide bonds. The Morgan fingerprint density at radius 1 is 1.10 bits per heavy atom. The van der Waals surface area contributed by atoms with Gasteiger partial charge in [-0.2, -0.15) is 0 Å². The van der Waals surface area contributed by atoms with E-state index in [9.17, 15) is 9.59 Å². The van der Waals surface area contributed by atoms with Crippen LogP contribution in [0.5, 0.6) is 5.75 Å². The standard InChI is InChI=1S/C22H30ClN3O3S/c23-17-6-8-19(9-7-17)29-16-20(27)26-14-15-30-22(26)10-12-25(13-11-22)21(28)24-18-4-2-1-3-5-18/h6-9,18H,1-5,10-16H2,(H,24,28). The molecule has 3 fully saturated rings. The molecule has 0 atom stereocenters. The Kier molecular flexibility index (Phi) is 6.98. The summed E-state index contributed by atoms with van der Waals surface area (Å²) in [5.41, 5.74) is 0. The maximum absolute atomic E-state index is 12.9. The minimum Gasteiger partial charge on any atom is -0.484 e. The summed E-state index contributed by atoms with van der Waals surface area (Å²) in [6.07, 6.45) is 7.50. The number of carbonyl (C=O) groups is 2. The van der Waals surface area contributed by atoms with Crippen molar-refractivity contribution in [3.8, 4) is 5.75 Å². The Morgan fingerprint density at radius 3 is 2.50 bits per heavy atom. The van der Waals surface area contributed by atoms with Crippen molar-refractivity contribution in [1.82, 2.24) is 15.1 Å². The third kappa shape index (κ3) is 4.99. The molecule has 0 aromatic heterocycles. The molecule has 2 saturated heterocycles. The normalized spacial score (nSPS) is 21.6. The number of halogens is 1. The van der Waals surface area contributed by atoms with E-state index in [1.165, 1.54) is 19.3 Å². The van der Waals surface area contributed by atoms with Gasteiger partial charge in [-0.3, -0.25) is 4.79 Å². The van der Waals surface area contributed by atoms with Crippen LogP contribution in [0.1, 0.15) is 44.9 Å². The quantitative estimate of drug-likeness (QED) is 0.747. The Labute approximate surface area is 187 Å². The number of nitrogens with zero attached hydrogens (tertiary/aromatic N) is 2. The molecule has 1 aromatic carbocycles. The van der Waals surface area contributed by atoms with Gasteiger partial charge in [-0.05, 0) is 49.9 Å². The van der Waals surface area contributed by atoms with Gasteiger partial charge in [-0.15, -0.1) is 11.8 Å². The van der Waals surface area contributed by atoms with Crippen LogP contribution in [-0.4, -0.2) is 64.6 Å². The van der Waals surface area contributed by atoms with Crippen LogP contribution >= 0.6 is 23.4 Å². The smallest absolute Gasteiger partial charge is 0.317 e. The van der Waals surface area contributed by atoms with Crippen LogP contribution < -0.4 is 10.1 Å². The van der Waals surface area contributed by atoms with Crippen LogP contribution in [-0.2, 0) is 4.79 Å². The molecule has 3 aliphatic rings. The number of likely N-dealkylation sites (tertiary alicyclic amines) is 1. The van der Waals surface area contributed by atoms with Gasteiger partial charge in [-0.1, -0.05) is 30.9 Å². The highest BCUT2D eigenvalue weighted by atomic mass is 35.5. The van der Waals surface area contributed by atoms with Crippen LogP contribution in [0.15, 0.2) is 24.3 Å². The summed E-state index contributed by atoms with van der Waals surface area (Å²) < 4.78 is 5.68.